The summed E-state index contributed by atoms with van der Waals surface area (Å²) in [6.07, 6.45) is 3.71. The fourth-order valence-electron chi connectivity index (χ4n) is 8.36. The van der Waals surface area contributed by atoms with Crippen molar-refractivity contribution >= 4 is 49.0 Å². The molecular weight excluding hydrogens is 733 g/mol. The molecule has 0 spiro atoms. The third-order valence-electron chi connectivity index (χ3n) is 11.2. The lowest BCUT2D eigenvalue weighted by Crippen LogP contribution is -2.00. The van der Waals surface area contributed by atoms with E-state index in [1.54, 1.807) is 0 Å². The van der Waals surface area contributed by atoms with E-state index < -0.39 is 0 Å². The van der Waals surface area contributed by atoms with Gasteiger partial charge in [0.15, 0.2) is 23.2 Å². The van der Waals surface area contributed by atoms with E-state index in [0.29, 0.717) is 23.2 Å². The van der Waals surface area contributed by atoms with Crippen molar-refractivity contribution in [3.63, 3.8) is 0 Å². The first kappa shape index (κ1) is 34.8. The molecule has 0 saturated carbocycles. The van der Waals surface area contributed by atoms with E-state index in [9.17, 15) is 0 Å². The number of hydrogen-bond acceptors (Lipinski definition) is 5. The molecule has 0 N–H and O–H groups in total. The highest BCUT2D eigenvalue weighted by Gasteiger charge is 2.19. The van der Waals surface area contributed by atoms with Gasteiger partial charge in [-0.3, -0.25) is 9.97 Å². The van der Waals surface area contributed by atoms with Gasteiger partial charge in [0.05, 0.1) is 17.6 Å². The van der Waals surface area contributed by atoms with Gasteiger partial charge in [0, 0.05) is 51.0 Å². The number of benzene rings is 8. The summed E-state index contributed by atoms with van der Waals surface area (Å²) in [4.78, 5) is 29.0. The van der Waals surface area contributed by atoms with Crippen LogP contribution in [0.5, 0.6) is 0 Å². The monoisotopic (exact) mass is 764 g/mol. The molecule has 0 fully saturated rings. The second-order valence-electron chi connectivity index (χ2n) is 14.7. The standard InChI is InChI=1S/C54H32N6/c1-55-49-28-27-41(40-19-8-9-20-42(40)49)48-33-47-43-21-11-29-56-50(43)45(32-46(47)44-22-12-30-57-51(44)48)38-17-10-18-39(31-38)54-59-52(36-15-6-3-7-16-36)58-53(60-54)37-25-23-35(24-26-37)34-13-4-2-5-14-34/h2-33H. The normalized spacial score (nSPS) is 11.3. The minimum absolute atomic E-state index is 0.585. The van der Waals surface area contributed by atoms with Gasteiger partial charge >= 0.3 is 0 Å². The lowest BCUT2D eigenvalue weighted by Gasteiger charge is -2.16. The van der Waals surface area contributed by atoms with Crippen molar-refractivity contribution in [3.8, 4) is 67.5 Å². The first-order valence-electron chi connectivity index (χ1n) is 19.8. The third-order valence-corrected chi connectivity index (χ3v) is 11.2. The smallest absolute Gasteiger partial charge is 0.194 e. The lowest BCUT2D eigenvalue weighted by molar-refractivity contribution is 1.07. The van der Waals surface area contributed by atoms with Crippen LogP contribution >= 0.6 is 0 Å². The van der Waals surface area contributed by atoms with Crippen LogP contribution in [0.1, 0.15) is 0 Å². The molecule has 11 rings (SSSR count). The van der Waals surface area contributed by atoms with Gasteiger partial charge in [-0.25, -0.2) is 19.8 Å². The van der Waals surface area contributed by atoms with Gasteiger partial charge in [-0.05, 0) is 74.1 Å². The minimum Gasteiger partial charge on any atom is -0.256 e. The molecule has 11 aromatic rings. The second-order valence-corrected chi connectivity index (χ2v) is 14.7. The van der Waals surface area contributed by atoms with E-state index in [1.165, 1.54) is 0 Å². The fraction of sp³-hybridized carbons (Fsp3) is 0. The van der Waals surface area contributed by atoms with E-state index in [2.05, 4.69) is 114 Å². The Hall–Kier alpha value is -8.40. The van der Waals surface area contributed by atoms with E-state index in [4.69, 9.17) is 31.5 Å². The van der Waals surface area contributed by atoms with Gasteiger partial charge in [0.25, 0.3) is 0 Å². The van der Waals surface area contributed by atoms with Crippen molar-refractivity contribution in [2.75, 3.05) is 0 Å². The van der Waals surface area contributed by atoms with E-state index in [1.807, 2.05) is 85.2 Å². The summed E-state index contributed by atoms with van der Waals surface area (Å²) >= 11 is 0. The van der Waals surface area contributed by atoms with Crippen LogP contribution in [0.4, 0.5) is 5.69 Å². The van der Waals surface area contributed by atoms with Gasteiger partial charge < -0.3 is 0 Å². The lowest BCUT2D eigenvalue weighted by atomic mass is 9.89. The Morgan fingerprint density at radius 1 is 0.317 bits per heavy atom. The molecule has 3 heterocycles. The van der Waals surface area contributed by atoms with Crippen LogP contribution in [0.3, 0.4) is 0 Å². The molecule has 0 radical (unpaired) electrons. The number of hydrogen-bond donors (Lipinski definition) is 0. The van der Waals surface area contributed by atoms with E-state index in [0.717, 1.165) is 93.4 Å². The highest BCUT2D eigenvalue weighted by atomic mass is 15.0. The summed E-state index contributed by atoms with van der Waals surface area (Å²) < 4.78 is 0. The quantitative estimate of drug-likeness (QED) is 0.125. The largest absolute Gasteiger partial charge is 0.256 e. The zero-order valence-electron chi connectivity index (χ0n) is 32.2. The van der Waals surface area contributed by atoms with Crippen LogP contribution in [0.25, 0.3) is 116 Å². The average molecular weight is 765 g/mol. The van der Waals surface area contributed by atoms with Crippen molar-refractivity contribution in [3.05, 3.63) is 206 Å². The Balaban J connectivity index is 1.08. The molecular formula is C54H32N6. The van der Waals surface area contributed by atoms with Crippen LogP contribution in [-0.4, -0.2) is 24.9 Å². The molecule has 60 heavy (non-hydrogen) atoms. The third kappa shape index (κ3) is 6.01. The highest BCUT2D eigenvalue weighted by molar-refractivity contribution is 6.23. The summed E-state index contributed by atoms with van der Waals surface area (Å²) in [5.74, 6) is 1.80. The summed E-state index contributed by atoms with van der Waals surface area (Å²) in [5, 5.41) is 6.20. The van der Waals surface area contributed by atoms with Gasteiger partial charge in [-0.15, -0.1) is 0 Å². The maximum atomic E-state index is 7.80. The molecule has 0 aliphatic heterocycles. The number of fused-ring (bicyclic) bond motifs is 6. The molecule has 0 aliphatic rings. The topological polar surface area (TPSA) is 68.8 Å². The summed E-state index contributed by atoms with van der Waals surface area (Å²) in [6.45, 7) is 7.80. The maximum Gasteiger partial charge on any atom is 0.194 e. The van der Waals surface area contributed by atoms with Crippen LogP contribution in [0.2, 0.25) is 0 Å². The first-order chi connectivity index (χ1) is 29.7. The summed E-state index contributed by atoms with van der Waals surface area (Å²) in [5.41, 5.74) is 11.5. The Morgan fingerprint density at radius 3 is 1.47 bits per heavy atom. The van der Waals surface area contributed by atoms with Crippen molar-refractivity contribution in [1.82, 2.24) is 24.9 Å². The zero-order chi connectivity index (χ0) is 40.0. The Morgan fingerprint density at radius 2 is 0.800 bits per heavy atom. The number of nitrogens with zero attached hydrogens (tertiary/aromatic N) is 6. The Labute approximate surface area is 346 Å². The molecule has 278 valence electrons. The molecule has 0 amide bonds. The van der Waals surface area contributed by atoms with Crippen LogP contribution < -0.4 is 0 Å². The van der Waals surface area contributed by atoms with Crippen molar-refractivity contribution in [1.29, 1.82) is 0 Å². The van der Waals surface area contributed by atoms with Crippen LogP contribution in [0.15, 0.2) is 194 Å². The molecule has 0 unspecified atom stereocenters. The van der Waals surface area contributed by atoms with E-state index in [-0.39, 0.29) is 0 Å². The van der Waals surface area contributed by atoms with Gasteiger partial charge in [-0.2, -0.15) is 0 Å². The van der Waals surface area contributed by atoms with Gasteiger partial charge in [0.2, 0.25) is 0 Å². The van der Waals surface area contributed by atoms with Crippen LogP contribution in [0, 0.1) is 6.57 Å². The van der Waals surface area contributed by atoms with Crippen LogP contribution in [-0.2, 0) is 0 Å². The number of aromatic nitrogens is 5. The number of rotatable bonds is 6. The average Bonchev–Trinajstić information content (AvgIpc) is 3.33. The molecule has 6 nitrogen and oxygen atoms in total. The molecule has 3 aromatic heterocycles. The maximum absolute atomic E-state index is 7.80. The molecule has 0 saturated heterocycles. The summed E-state index contributed by atoms with van der Waals surface area (Å²) in [7, 11) is 0. The highest BCUT2D eigenvalue weighted by Crippen LogP contribution is 2.43. The van der Waals surface area contributed by atoms with Gasteiger partial charge in [-0.1, -0.05) is 152 Å². The molecule has 6 heteroatoms. The Kier molecular flexibility index (Phi) is 8.42. The molecule has 0 aliphatic carbocycles. The predicted molar refractivity (Wildman–Crippen MR) is 244 cm³/mol. The molecule has 0 atom stereocenters. The van der Waals surface area contributed by atoms with Crippen molar-refractivity contribution in [2.45, 2.75) is 0 Å². The zero-order valence-corrected chi connectivity index (χ0v) is 32.2. The minimum atomic E-state index is 0.585. The molecule has 0 bridgehead atoms. The van der Waals surface area contributed by atoms with Crippen molar-refractivity contribution in [2.24, 2.45) is 0 Å². The first-order valence-corrected chi connectivity index (χ1v) is 19.8. The molecule has 8 aromatic carbocycles. The number of pyridine rings is 2. The second kappa shape index (κ2) is 14.5. The summed E-state index contributed by atoms with van der Waals surface area (Å²) in [6, 6.07) is 62.1. The van der Waals surface area contributed by atoms with Crippen molar-refractivity contribution < 1.29 is 0 Å². The van der Waals surface area contributed by atoms with Gasteiger partial charge in [0.1, 0.15) is 0 Å². The fourth-order valence-corrected chi connectivity index (χ4v) is 8.36. The SMILES string of the molecule is [C-]#[N+]c1ccc(-c2cc3c4cccnc4c(-c4cccc(-c5nc(-c6ccccc6)nc(-c6ccc(-c7ccccc7)cc6)n5)c4)cc3c3cccnc23)c2ccccc12. The van der Waals surface area contributed by atoms with E-state index >= 15 is 0 Å². The predicted octanol–water partition coefficient (Wildman–Crippen LogP) is 13.8. The Bertz CT molecular complexity index is 3490.